The molecule has 1 unspecified atom stereocenters. The molecular formula is C13H13BrN2OS. The van der Waals surface area contributed by atoms with Crippen molar-refractivity contribution in [3.05, 3.63) is 46.8 Å². The summed E-state index contributed by atoms with van der Waals surface area (Å²) in [6.07, 6.45) is 3.73. The number of hydrogen-bond acceptors (Lipinski definition) is 4. The van der Waals surface area contributed by atoms with Gasteiger partial charge in [-0.2, -0.15) is 0 Å². The van der Waals surface area contributed by atoms with Crippen molar-refractivity contribution in [2.75, 3.05) is 0 Å². The monoisotopic (exact) mass is 324 g/mol. The molecule has 0 fully saturated rings. The van der Waals surface area contributed by atoms with Gasteiger partial charge in [0.2, 0.25) is 0 Å². The molecule has 2 aromatic rings. The van der Waals surface area contributed by atoms with Crippen LogP contribution in [-0.4, -0.2) is 15.1 Å². The highest BCUT2D eigenvalue weighted by molar-refractivity contribution is 9.10. The molecule has 0 saturated heterocycles. The molecule has 0 aliphatic rings. The zero-order chi connectivity index (χ0) is 13.0. The molecule has 0 bridgehead atoms. The third-order valence-electron chi connectivity index (χ3n) is 2.41. The first-order valence-electron chi connectivity index (χ1n) is 5.62. The molecule has 1 N–H and O–H groups in total. The fourth-order valence-electron chi connectivity index (χ4n) is 1.40. The van der Waals surface area contributed by atoms with E-state index in [0.29, 0.717) is 12.1 Å². The Labute approximate surface area is 119 Å². The highest BCUT2D eigenvalue weighted by Gasteiger charge is 2.06. The van der Waals surface area contributed by atoms with Crippen LogP contribution in [0.5, 0.6) is 0 Å². The van der Waals surface area contributed by atoms with Crippen molar-refractivity contribution in [3.8, 4) is 0 Å². The van der Waals surface area contributed by atoms with Gasteiger partial charge in [-0.05, 0) is 46.6 Å². The van der Waals surface area contributed by atoms with Gasteiger partial charge in [-0.15, -0.1) is 0 Å². The molecule has 5 heteroatoms. The first-order valence-corrected chi connectivity index (χ1v) is 7.23. The maximum atomic E-state index is 9.65. The lowest BCUT2D eigenvalue weighted by atomic mass is 10.2. The predicted molar refractivity (Wildman–Crippen MR) is 75.5 cm³/mol. The van der Waals surface area contributed by atoms with Gasteiger partial charge in [0.15, 0.2) is 0 Å². The fourth-order valence-corrected chi connectivity index (χ4v) is 2.36. The minimum absolute atomic E-state index is 0.477. The molecule has 0 aliphatic heterocycles. The molecule has 0 amide bonds. The van der Waals surface area contributed by atoms with E-state index >= 15 is 0 Å². The fraction of sp³-hybridized carbons (Fsp3) is 0.231. The number of pyridine rings is 2. The Bertz CT molecular complexity index is 501. The smallest absolute Gasteiger partial charge is 0.101 e. The molecule has 1 atom stereocenters. The van der Waals surface area contributed by atoms with E-state index in [1.165, 1.54) is 0 Å². The van der Waals surface area contributed by atoms with Crippen LogP contribution in [0.1, 0.15) is 25.1 Å². The van der Waals surface area contributed by atoms with Crippen LogP contribution in [0.15, 0.2) is 51.1 Å². The van der Waals surface area contributed by atoms with Gasteiger partial charge in [0.25, 0.3) is 0 Å². The Morgan fingerprint density at radius 1 is 1.22 bits per heavy atom. The van der Waals surface area contributed by atoms with Gasteiger partial charge in [-0.25, -0.2) is 4.98 Å². The molecule has 94 valence electrons. The number of hydrogen-bond donors (Lipinski definition) is 1. The topological polar surface area (TPSA) is 46.0 Å². The van der Waals surface area contributed by atoms with E-state index in [2.05, 4.69) is 25.9 Å². The van der Waals surface area contributed by atoms with Gasteiger partial charge in [-0.1, -0.05) is 18.7 Å². The molecule has 0 saturated carbocycles. The average molecular weight is 325 g/mol. The summed E-state index contributed by atoms with van der Waals surface area (Å²) in [5, 5.41) is 10.6. The van der Waals surface area contributed by atoms with Crippen LogP contribution in [0.25, 0.3) is 0 Å². The van der Waals surface area contributed by atoms with E-state index in [0.717, 1.165) is 14.4 Å². The quantitative estimate of drug-likeness (QED) is 0.928. The van der Waals surface area contributed by atoms with Gasteiger partial charge in [0.1, 0.15) is 5.03 Å². The Morgan fingerprint density at radius 3 is 2.61 bits per heavy atom. The van der Waals surface area contributed by atoms with Crippen LogP contribution in [0.2, 0.25) is 0 Å². The second-order valence-corrected chi connectivity index (χ2v) is 5.77. The standard InChI is InChI=1S/C13H13BrN2OS/c1-2-12(17)11-5-4-10(8-15-11)18-13-6-3-9(14)7-16-13/h3-8,12,17H,2H2,1H3. The van der Waals surface area contributed by atoms with Crippen LogP contribution in [-0.2, 0) is 0 Å². The largest absolute Gasteiger partial charge is 0.387 e. The van der Waals surface area contributed by atoms with Crippen molar-refractivity contribution in [1.29, 1.82) is 0 Å². The number of rotatable bonds is 4. The second kappa shape index (κ2) is 6.31. The van der Waals surface area contributed by atoms with Crippen molar-refractivity contribution in [3.63, 3.8) is 0 Å². The summed E-state index contributed by atoms with van der Waals surface area (Å²) < 4.78 is 0.964. The van der Waals surface area contributed by atoms with Crippen LogP contribution in [0.3, 0.4) is 0 Å². The van der Waals surface area contributed by atoms with Crippen molar-refractivity contribution in [2.45, 2.75) is 29.4 Å². The lowest BCUT2D eigenvalue weighted by molar-refractivity contribution is 0.169. The van der Waals surface area contributed by atoms with Crippen LogP contribution < -0.4 is 0 Å². The summed E-state index contributed by atoms with van der Waals surface area (Å²) in [6, 6.07) is 7.71. The number of nitrogens with zero attached hydrogens (tertiary/aromatic N) is 2. The molecule has 0 radical (unpaired) electrons. The van der Waals surface area contributed by atoms with Gasteiger partial charge < -0.3 is 5.11 Å². The molecular weight excluding hydrogens is 312 g/mol. The minimum atomic E-state index is -0.477. The van der Waals surface area contributed by atoms with Crippen LogP contribution in [0.4, 0.5) is 0 Å². The third-order valence-corrected chi connectivity index (χ3v) is 3.81. The molecule has 0 spiro atoms. The number of aromatic nitrogens is 2. The number of aliphatic hydroxyl groups excluding tert-OH is 1. The zero-order valence-corrected chi connectivity index (χ0v) is 12.3. The van der Waals surface area contributed by atoms with Crippen molar-refractivity contribution in [2.24, 2.45) is 0 Å². The van der Waals surface area contributed by atoms with Gasteiger partial charge >= 0.3 is 0 Å². The summed E-state index contributed by atoms with van der Waals surface area (Å²) in [7, 11) is 0. The maximum absolute atomic E-state index is 9.65. The lowest BCUT2D eigenvalue weighted by Crippen LogP contribution is -1.97. The summed E-state index contributed by atoms with van der Waals surface area (Å²) in [6.45, 7) is 1.93. The molecule has 2 heterocycles. The average Bonchev–Trinajstić information content (AvgIpc) is 2.41. The highest BCUT2D eigenvalue weighted by Crippen LogP contribution is 2.27. The third kappa shape index (κ3) is 3.54. The second-order valence-electron chi connectivity index (χ2n) is 3.76. The zero-order valence-electron chi connectivity index (χ0n) is 9.88. The predicted octanol–water partition coefficient (Wildman–Crippen LogP) is 3.83. The summed E-state index contributed by atoms with van der Waals surface area (Å²) in [5.74, 6) is 0. The van der Waals surface area contributed by atoms with E-state index in [4.69, 9.17) is 0 Å². The summed E-state index contributed by atoms with van der Waals surface area (Å²) >= 11 is 4.90. The highest BCUT2D eigenvalue weighted by atomic mass is 79.9. The summed E-state index contributed by atoms with van der Waals surface area (Å²) in [4.78, 5) is 9.55. The lowest BCUT2D eigenvalue weighted by Gasteiger charge is -2.07. The Balaban J connectivity index is 2.08. The molecule has 2 aromatic heterocycles. The SMILES string of the molecule is CCC(O)c1ccc(Sc2ccc(Br)cn2)cn1. The molecule has 0 aromatic carbocycles. The number of aliphatic hydroxyl groups is 1. The van der Waals surface area contributed by atoms with Gasteiger partial charge in [-0.3, -0.25) is 4.98 Å². The van der Waals surface area contributed by atoms with Crippen molar-refractivity contribution >= 4 is 27.7 Å². The van der Waals surface area contributed by atoms with Crippen LogP contribution >= 0.6 is 27.7 Å². The van der Waals surface area contributed by atoms with E-state index in [-0.39, 0.29) is 0 Å². The van der Waals surface area contributed by atoms with E-state index < -0.39 is 6.10 Å². The van der Waals surface area contributed by atoms with Crippen LogP contribution in [0, 0.1) is 0 Å². The first-order chi connectivity index (χ1) is 8.69. The normalized spacial score (nSPS) is 12.4. The Morgan fingerprint density at radius 2 is 2.06 bits per heavy atom. The van der Waals surface area contributed by atoms with Gasteiger partial charge in [0, 0.05) is 21.8 Å². The van der Waals surface area contributed by atoms with E-state index in [1.54, 1.807) is 24.2 Å². The Kier molecular flexibility index (Phi) is 4.74. The van der Waals surface area contributed by atoms with Crippen molar-refractivity contribution < 1.29 is 5.11 Å². The maximum Gasteiger partial charge on any atom is 0.101 e. The van der Waals surface area contributed by atoms with E-state index in [9.17, 15) is 5.11 Å². The molecule has 0 aliphatic carbocycles. The first kappa shape index (κ1) is 13.5. The Hall–Kier alpha value is -0.910. The van der Waals surface area contributed by atoms with Crippen molar-refractivity contribution in [1.82, 2.24) is 9.97 Å². The number of halogens is 1. The minimum Gasteiger partial charge on any atom is -0.387 e. The van der Waals surface area contributed by atoms with E-state index in [1.807, 2.05) is 31.2 Å². The molecule has 18 heavy (non-hydrogen) atoms. The van der Waals surface area contributed by atoms with Gasteiger partial charge in [0.05, 0.1) is 11.8 Å². The summed E-state index contributed by atoms with van der Waals surface area (Å²) in [5.41, 5.74) is 0.714. The molecule has 2 rings (SSSR count). The molecule has 3 nitrogen and oxygen atoms in total.